The highest BCUT2D eigenvalue weighted by molar-refractivity contribution is 6.12. The Morgan fingerprint density at radius 1 is 0.426 bits per heavy atom. The van der Waals surface area contributed by atoms with Crippen molar-refractivity contribution < 1.29 is 4.42 Å². The third kappa shape index (κ3) is 4.89. The monoisotopic (exact) mass is 691 g/mol. The SMILES string of the molecule is c1ccc(-c2nc(-c3cccc(-n4c5ccccc5c5cc(-c6ccc7ccccc7c6)ccc54)c3)nc(-c3cccc4oc5ccncc5c34)n2)cc1. The number of hydrogen-bond donors (Lipinski definition) is 0. The fourth-order valence-electron chi connectivity index (χ4n) is 7.78. The lowest BCUT2D eigenvalue weighted by Gasteiger charge is -2.12. The Labute approximate surface area is 309 Å². The molecule has 0 aliphatic carbocycles. The van der Waals surface area contributed by atoms with Crippen LogP contribution in [0.4, 0.5) is 0 Å². The summed E-state index contributed by atoms with van der Waals surface area (Å²) in [6, 6.07) is 57.0. The highest BCUT2D eigenvalue weighted by Crippen LogP contribution is 2.38. The number of para-hydroxylation sites is 1. The predicted octanol–water partition coefficient (Wildman–Crippen LogP) is 12.1. The first-order valence-corrected chi connectivity index (χ1v) is 18.0. The Morgan fingerprint density at radius 3 is 2.07 bits per heavy atom. The Balaban J connectivity index is 1.09. The summed E-state index contributed by atoms with van der Waals surface area (Å²) in [5.41, 5.74) is 9.86. The first kappa shape index (κ1) is 30.2. The second kappa shape index (κ2) is 12.1. The average molecular weight is 692 g/mol. The summed E-state index contributed by atoms with van der Waals surface area (Å²) in [6.45, 7) is 0. The van der Waals surface area contributed by atoms with E-state index in [9.17, 15) is 0 Å². The molecule has 0 amide bonds. The Kier molecular flexibility index (Phi) is 6.75. The largest absolute Gasteiger partial charge is 0.456 e. The molecule has 6 nitrogen and oxygen atoms in total. The summed E-state index contributed by atoms with van der Waals surface area (Å²) in [7, 11) is 0. The van der Waals surface area contributed by atoms with Crippen LogP contribution in [0.15, 0.2) is 181 Å². The van der Waals surface area contributed by atoms with E-state index in [1.54, 1.807) is 6.20 Å². The lowest BCUT2D eigenvalue weighted by Crippen LogP contribution is -2.01. The molecule has 0 bridgehead atoms. The molecule has 11 rings (SSSR count). The van der Waals surface area contributed by atoms with Gasteiger partial charge in [-0.1, -0.05) is 115 Å². The highest BCUT2D eigenvalue weighted by Gasteiger charge is 2.19. The molecule has 0 fully saturated rings. The quantitative estimate of drug-likeness (QED) is 0.180. The minimum atomic E-state index is 0.569. The number of rotatable bonds is 5. The van der Waals surface area contributed by atoms with E-state index in [4.69, 9.17) is 19.4 Å². The standard InChI is InChI=1S/C48H29N5O/c1-2-11-31(12-3-1)46-50-47(52-48(51-46)38-17-9-19-44-45(38)40-29-49-25-24-43(40)54-44)35-14-8-15-36(27-35)53-41-18-7-6-16-37(41)39-28-34(22-23-42(39)53)33-21-20-30-10-4-5-13-32(30)26-33/h1-29H. The minimum Gasteiger partial charge on any atom is -0.456 e. The number of hydrogen-bond acceptors (Lipinski definition) is 5. The van der Waals surface area contributed by atoms with Gasteiger partial charge in [0.15, 0.2) is 17.5 Å². The van der Waals surface area contributed by atoms with E-state index in [0.717, 1.165) is 55.3 Å². The van der Waals surface area contributed by atoms with Gasteiger partial charge in [-0.3, -0.25) is 4.98 Å². The van der Waals surface area contributed by atoms with E-state index < -0.39 is 0 Å². The van der Waals surface area contributed by atoms with E-state index in [2.05, 4.69) is 119 Å². The molecule has 0 saturated heterocycles. The van der Waals surface area contributed by atoms with Crippen LogP contribution in [0, 0.1) is 0 Å². The van der Waals surface area contributed by atoms with Gasteiger partial charge in [-0.05, 0) is 70.4 Å². The minimum absolute atomic E-state index is 0.569. The molecule has 4 heterocycles. The van der Waals surface area contributed by atoms with Gasteiger partial charge < -0.3 is 8.98 Å². The lowest BCUT2D eigenvalue weighted by atomic mass is 9.99. The van der Waals surface area contributed by atoms with Gasteiger partial charge in [0.1, 0.15) is 11.2 Å². The Hall–Kier alpha value is -7.44. The fourth-order valence-corrected chi connectivity index (χ4v) is 7.78. The molecule has 0 N–H and O–H groups in total. The second-order valence-corrected chi connectivity index (χ2v) is 13.5. The number of furan rings is 1. The third-order valence-corrected chi connectivity index (χ3v) is 10.3. The van der Waals surface area contributed by atoms with Gasteiger partial charge in [-0.15, -0.1) is 0 Å². The molecule has 54 heavy (non-hydrogen) atoms. The van der Waals surface area contributed by atoms with Crippen LogP contribution in [-0.2, 0) is 0 Å². The molecule has 0 atom stereocenters. The van der Waals surface area contributed by atoms with Gasteiger partial charge in [0, 0.05) is 56.3 Å². The maximum Gasteiger partial charge on any atom is 0.164 e. The molecule has 0 aliphatic rings. The first-order chi connectivity index (χ1) is 26.7. The molecule has 7 aromatic carbocycles. The molecule has 0 radical (unpaired) electrons. The smallest absolute Gasteiger partial charge is 0.164 e. The topological polar surface area (TPSA) is 69.6 Å². The van der Waals surface area contributed by atoms with E-state index >= 15 is 0 Å². The molecule has 0 spiro atoms. The van der Waals surface area contributed by atoms with Crippen LogP contribution in [-0.4, -0.2) is 24.5 Å². The summed E-state index contributed by atoms with van der Waals surface area (Å²) in [5.74, 6) is 1.75. The summed E-state index contributed by atoms with van der Waals surface area (Å²) >= 11 is 0. The molecular formula is C48H29N5O. The van der Waals surface area contributed by atoms with Crippen molar-refractivity contribution in [2.45, 2.75) is 0 Å². The summed E-state index contributed by atoms with van der Waals surface area (Å²) in [5, 5.41) is 6.72. The van der Waals surface area contributed by atoms with Gasteiger partial charge in [-0.2, -0.15) is 0 Å². The van der Waals surface area contributed by atoms with Gasteiger partial charge in [0.05, 0.1) is 11.0 Å². The summed E-state index contributed by atoms with van der Waals surface area (Å²) in [6.07, 6.45) is 3.58. The van der Waals surface area contributed by atoms with Gasteiger partial charge in [-0.25, -0.2) is 15.0 Å². The summed E-state index contributed by atoms with van der Waals surface area (Å²) < 4.78 is 8.54. The van der Waals surface area contributed by atoms with Crippen molar-refractivity contribution in [3.63, 3.8) is 0 Å². The van der Waals surface area contributed by atoms with Crippen LogP contribution in [0.25, 0.3) is 105 Å². The molecule has 0 aliphatic heterocycles. The van der Waals surface area contributed by atoms with Crippen LogP contribution < -0.4 is 0 Å². The van der Waals surface area contributed by atoms with E-state index in [1.807, 2.05) is 60.8 Å². The zero-order valence-corrected chi connectivity index (χ0v) is 28.9. The number of pyridine rings is 1. The predicted molar refractivity (Wildman–Crippen MR) is 218 cm³/mol. The Morgan fingerprint density at radius 2 is 1.15 bits per heavy atom. The van der Waals surface area contributed by atoms with Crippen LogP contribution >= 0.6 is 0 Å². The van der Waals surface area contributed by atoms with Gasteiger partial charge in [0.2, 0.25) is 0 Å². The van der Waals surface area contributed by atoms with E-state index in [0.29, 0.717) is 17.5 Å². The zero-order chi connectivity index (χ0) is 35.6. The highest BCUT2D eigenvalue weighted by atomic mass is 16.3. The van der Waals surface area contributed by atoms with Crippen molar-refractivity contribution >= 4 is 54.5 Å². The fraction of sp³-hybridized carbons (Fsp3) is 0. The molecule has 4 aromatic heterocycles. The van der Waals surface area contributed by atoms with Crippen molar-refractivity contribution in [3.8, 4) is 51.0 Å². The first-order valence-electron chi connectivity index (χ1n) is 18.0. The van der Waals surface area contributed by atoms with Crippen LogP contribution in [0.5, 0.6) is 0 Å². The average Bonchev–Trinajstić information content (AvgIpc) is 3.79. The molecule has 0 saturated carbocycles. The number of aromatic nitrogens is 5. The number of fused-ring (bicyclic) bond motifs is 7. The maximum absolute atomic E-state index is 6.21. The lowest BCUT2D eigenvalue weighted by molar-refractivity contribution is 0.668. The van der Waals surface area contributed by atoms with Crippen LogP contribution in [0.1, 0.15) is 0 Å². The van der Waals surface area contributed by atoms with Crippen molar-refractivity contribution in [2.24, 2.45) is 0 Å². The van der Waals surface area contributed by atoms with Crippen molar-refractivity contribution in [3.05, 3.63) is 176 Å². The normalized spacial score (nSPS) is 11.7. The van der Waals surface area contributed by atoms with E-state index in [-0.39, 0.29) is 0 Å². The Bertz CT molecular complexity index is 3230. The van der Waals surface area contributed by atoms with Crippen molar-refractivity contribution in [1.29, 1.82) is 0 Å². The van der Waals surface area contributed by atoms with E-state index in [1.165, 1.54) is 32.7 Å². The third-order valence-electron chi connectivity index (χ3n) is 10.3. The molecule has 0 unspecified atom stereocenters. The molecular weight excluding hydrogens is 663 g/mol. The van der Waals surface area contributed by atoms with Crippen LogP contribution in [0.2, 0.25) is 0 Å². The van der Waals surface area contributed by atoms with Crippen molar-refractivity contribution in [1.82, 2.24) is 24.5 Å². The van der Waals surface area contributed by atoms with Gasteiger partial charge in [0.25, 0.3) is 0 Å². The summed E-state index contributed by atoms with van der Waals surface area (Å²) in [4.78, 5) is 19.7. The van der Waals surface area contributed by atoms with Crippen LogP contribution in [0.3, 0.4) is 0 Å². The second-order valence-electron chi connectivity index (χ2n) is 13.5. The van der Waals surface area contributed by atoms with Gasteiger partial charge >= 0.3 is 0 Å². The number of nitrogens with zero attached hydrogens (tertiary/aromatic N) is 5. The zero-order valence-electron chi connectivity index (χ0n) is 28.9. The molecule has 6 heteroatoms. The van der Waals surface area contributed by atoms with Crippen molar-refractivity contribution in [2.75, 3.05) is 0 Å². The molecule has 252 valence electrons. The molecule has 11 aromatic rings. The maximum atomic E-state index is 6.21. The number of benzene rings is 7.